The van der Waals surface area contributed by atoms with E-state index in [4.69, 9.17) is 4.74 Å². The van der Waals surface area contributed by atoms with Crippen molar-refractivity contribution in [3.63, 3.8) is 0 Å². The average Bonchev–Trinajstić information content (AvgIpc) is 3.33. The molecule has 8 heteroatoms. The normalized spacial score (nSPS) is 30.3. The van der Waals surface area contributed by atoms with Crippen molar-refractivity contribution in [2.24, 2.45) is 17.3 Å². The lowest BCUT2D eigenvalue weighted by molar-refractivity contribution is -0.167. The van der Waals surface area contributed by atoms with Crippen LogP contribution in [-0.4, -0.2) is 89.1 Å². The van der Waals surface area contributed by atoms with Gasteiger partial charge in [0, 0.05) is 24.5 Å². The van der Waals surface area contributed by atoms with Gasteiger partial charge in [-0.1, -0.05) is 54.5 Å². The Kier molecular flexibility index (Phi) is 15.7. The molecule has 6 atom stereocenters. The van der Waals surface area contributed by atoms with E-state index in [2.05, 4.69) is 31.8 Å². The lowest BCUT2D eigenvalue weighted by atomic mass is 9.52. The molecule has 0 amide bonds. The zero-order valence-corrected chi connectivity index (χ0v) is 26.9. The van der Waals surface area contributed by atoms with Crippen LogP contribution in [0.2, 0.25) is 0 Å². The van der Waals surface area contributed by atoms with Crippen LogP contribution in [0, 0.1) is 17.3 Å². The summed E-state index contributed by atoms with van der Waals surface area (Å²) in [6.45, 7) is 13.5. The summed E-state index contributed by atoms with van der Waals surface area (Å²) in [6, 6.07) is 0. The quantitative estimate of drug-likeness (QED) is 0.0600. The molecular weight excluding hydrogens is 546 g/mol. The maximum Gasteiger partial charge on any atom is 0.145 e. The van der Waals surface area contributed by atoms with Gasteiger partial charge < -0.3 is 35.6 Å². The number of aliphatic hydroxyl groups is 5. The third-order valence-corrected chi connectivity index (χ3v) is 9.56. The minimum absolute atomic E-state index is 0.00644. The van der Waals surface area contributed by atoms with Crippen LogP contribution in [0.4, 0.5) is 0 Å². The highest BCUT2D eigenvalue weighted by atomic mass is 16.5. The Balaban J connectivity index is 2.36. The van der Waals surface area contributed by atoms with Crippen molar-refractivity contribution in [1.82, 2.24) is 5.32 Å². The van der Waals surface area contributed by atoms with Crippen molar-refractivity contribution in [3.8, 4) is 0 Å². The third-order valence-electron chi connectivity index (χ3n) is 9.56. The minimum Gasteiger partial charge on any atom is -0.396 e. The van der Waals surface area contributed by atoms with Gasteiger partial charge in [0.15, 0.2) is 0 Å². The second-order valence-corrected chi connectivity index (χ2v) is 12.6. The lowest BCUT2D eigenvalue weighted by Gasteiger charge is -2.55. The summed E-state index contributed by atoms with van der Waals surface area (Å²) in [5.41, 5.74) is 2.64. The maximum atomic E-state index is 12.1. The summed E-state index contributed by atoms with van der Waals surface area (Å²) in [5, 5.41) is 56.0. The van der Waals surface area contributed by atoms with Crippen molar-refractivity contribution in [2.75, 3.05) is 39.5 Å². The van der Waals surface area contributed by atoms with E-state index in [9.17, 15) is 30.3 Å². The van der Waals surface area contributed by atoms with Gasteiger partial charge in [0.1, 0.15) is 12.4 Å². The molecular formula is C35H57NO7. The Labute approximate surface area is 258 Å². The van der Waals surface area contributed by atoms with Crippen molar-refractivity contribution >= 4 is 6.29 Å². The maximum absolute atomic E-state index is 12.1. The van der Waals surface area contributed by atoms with Gasteiger partial charge in [0.25, 0.3) is 0 Å². The SMILES string of the molecule is C=C(/C=C/C=C(/COC[C@H](O)CO)[C@@H]1CC[C@]2([C@@H]1O)[C@@H](CCCO)/C(=C(/C)C=O)CC[C@@]2(C)O)CC/C=C(\C)CNCC. The first-order valence-electron chi connectivity index (χ1n) is 15.9. The van der Waals surface area contributed by atoms with E-state index in [1.807, 2.05) is 18.2 Å². The first-order valence-corrected chi connectivity index (χ1v) is 15.9. The lowest BCUT2D eigenvalue weighted by Crippen LogP contribution is -2.59. The number of carbonyl (C=O) groups is 1. The van der Waals surface area contributed by atoms with Gasteiger partial charge >= 0.3 is 0 Å². The molecule has 2 fully saturated rings. The minimum atomic E-state index is -1.17. The molecule has 2 aliphatic rings. The molecule has 8 nitrogen and oxygen atoms in total. The third kappa shape index (κ3) is 9.79. The predicted octanol–water partition coefficient (Wildman–Crippen LogP) is 3.94. The smallest absolute Gasteiger partial charge is 0.145 e. The van der Waals surface area contributed by atoms with Crippen molar-refractivity contribution in [2.45, 2.75) is 96.9 Å². The number of rotatable bonds is 18. The molecule has 0 unspecified atom stereocenters. The molecule has 244 valence electrons. The van der Waals surface area contributed by atoms with Crippen LogP contribution >= 0.6 is 0 Å². The molecule has 0 bridgehead atoms. The van der Waals surface area contributed by atoms with E-state index in [1.54, 1.807) is 13.8 Å². The number of hydrogen-bond donors (Lipinski definition) is 6. The predicted molar refractivity (Wildman–Crippen MR) is 171 cm³/mol. The fraction of sp³-hybridized carbons (Fsp3) is 0.686. The second-order valence-electron chi connectivity index (χ2n) is 12.6. The van der Waals surface area contributed by atoms with E-state index in [1.165, 1.54) is 5.57 Å². The molecule has 0 saturated heterocycles. The Morgan fingerprint density at radius 1 is 1.26 bits per heavy atom. The fourth-order valence-corrected chi connectivity index (χ4v) is 7.10. The van der Waals surface area contributed by atoms with Crippen LogP contribution in [0.5, 0.6) is 0 Å². The number of carbonyl (C=O) groups excluding carboxylic acids is 1. The average molecular weight is 604 g/mol. The molecule has 0 aliphatic heterocycles. The van der Waals surface area contributed by atoms with Crippen LogP contribution in [-0.2, 0) is 9.53 Å². The first kappa shape index (κ1) is 37.3. The molecule has 0 radical (unpaired) electrons. The number of hydrogen-bond acceptors (Lipinski definition) is 8. The highest BCUT2D eigenvalue weighted by molar-refractivity contribution is 5.74. The number of nitrogens with one attached hydrogen (secondary N) is 1. The van der Waals surface area contributed by atoms with Crippen LogP contribution in [0.25, 0.3) is 0 Å². The Morgan fingerprint density at radius 2 is 2.00 bits per heavy atom. The van der Waals surface area contributed by atoms with Gasteiger partial charge in [0.2, 0.25) is 0 Å². The van der Waals surface area contributed by atoms with E-state index >= 15 is 0 Å². The molecule has 0 aromatic rings. The molecule has 0 aromatic heterocycles. The molecule has 0 aromatic carbocycles. The topological polar surface area (TPSA) is 139 Å². The van der Waals surface area contributed by atoms with Crippen molar-refractivity contribution in [1.29, 1.82) is 0 Å². The van der Waals surface area contributed by atoms with Gasteiger partial charge in [0.05, 0.1) is 31.5 Å². The summed E-state index contributed by atoms with van der Waals surface area (Å²) in [7, 11) is 0. The summed E-state index contributed by atoms with van der Waals surface area (Å²) >= 11 is 0. The van der Waals surface area contributed by atoms with Crippen LogP contribution < -0.4 is 5.32 Å². The number of ether oxygens (including phenoxy) is 1. The molecule has 1 spiro atoms. The number of allylic oxidation sites excluding steroid dienone is 7. The van der Waals surface area contributed by atoms with E-state index in [0.29, 0.717) is 44.1 Å². The summed E-state index contributed by atoms with van der Waals surface area (Å²) < 4.78 is 5.78. The highest BCUT2D eigenvalue weighted by Crippen LogP contribution is 2.62. The zero-order valence-electron chi connectivity index (χ0n) is 26.9. The Bertz CT molecular complexity index is 1030. The van der Waals surface area contributed by atoms with Crippen molar-refractivity contribution < 1.29 is 35.1 Å². The first-order chi connectivity index (χ1) is 20.5. The molecule has 0 heterocycles. The fourth-order valence-electron chi connectivity index (χ4n) is 7.10. The van der Waals surface area contributed by atoms with Gasteiger partial charge in [-0.2, -0.15) is 0 Å². The molecule has 6 N–H and O–H groups in total. The van der Waals surface area contributed by atoms with Crippen LogP contribution in [0.3, 0.4) is 0 Å². The van der Waals surface area contributed by atoms with Crippen LogP contribution in [0.15, 0.2) is 58.7 Å². The molecule has 2 aliphatic carbocycles. The number of aliphatic hydroxyl groups excluding tert-OH is 4. The highest BCUT2D eigenvalue weighted by Gasteiger charge is 2.63. The van der Waals surface area contributed by atoms with Gasteiger partial charge in [-0.15, -0.1) is 0 Å². The second kappa shape index (κ2) is 18.2. The summed E-state index contributed by atoms with van der Waals surface area (Å²) in [6.07, 6.45) is 11.9. The summed E-state index contributed by atoms with van der Waals surface area (Å²) in [5.74, 6) is -0.564. The summed E-state index contributed by atoms with van der Waals surface area (Å²) in [4.78, 5) is 11.8. The number of aldehydes is 1. The van der Waals surface area contributed by atoms with E-state index in [-0.39, 0.29) is 31.7 Å². The molecule has 2 saturated carbocycles. The van der Waals surface area contributed by atoms with Crippen molar-refractivity contribution in [3.05, 3.63) is 58.7 Å². The molecule has 43 heavy (non-hydrogen) atoms. The van der Waals surface area contributed by atoms with Crippen LogP contribution in [0.1, 0.15) is 79.1 Å². The Hall–Kier alpha value is -1.91. The molecule has 2 rings (SSSR count). The van der Waals surface area contributed by atoms with E-state index in [0.717, 1.165) is 48.9 Å². The Morgan fingerprint density at radius 3 is 2.65 bits per heavy atom. The number of likely N-dealkylation sites (N-methyl/N-ethyl adjacent to an activating group) is 1. The van der Waals surface area contributed by atoms with Gasteiger partial charge in [-0.3, -0.25) is 4.79 Å². The standard InChI is InChI=1S/C35H57NO7/c1-6-36-20-26(3)12-7-10-25(2)11-8-13-28(23-43-24-29(40)22-39)31-16-18-35(33(31)41)32(14-9-19-37)30(27(4)21-38)15-17-34(35,5)42/h8,11-13,21,29,31-33,36-37,39-42H,2,6-7,9-10,14-20,22-24H2,1,3-5H3/b11-8+,26-12+,28-13-,30-27-/t29-,31+,32+,33-,34-,35-/m1/s1. The van der Waals surface area contributed by atoms with E-state index < -0.39 is 29.8 Å². The van der Waals surface area contributed by atoms with Gasteiger partial charge in [-0.25, -0.2) is 0 Å². The largest absolute Gasteiger partial charge is 0.396 e. The zero-order chi connectivity index (χ0) is 32.0. The van der Waals surface area contributed by atoms with Gasteiger partial charge in [-0.05, 0) is 95.7 Å². The monoisotopic (exact) mass is 603 g/mol.